The predicted molar refractivity (Wildman–Crippen MR) is 93.1 cm³/mol. The number of hydrogen-bond donors (Lipinski definition) is 1. The predicted octanol–water partition coefficient (Wildman–Crippen LogP) is 4.18. The normalized spacial score (nSPS) is 20.3. The van der Waals surface area contributed by atoms with Gasteiger partial charge in [-0.15, -0.1) is 24.8 Å². The fourth-order valence-electron chi connectivity index (χ4n) is 2.91. The molecule has 3 rings (SSSR count). The van der Waals surface area contributed by atoms with Crippen molar-refractivity contribution in [3.05, 3.63) is 34.1 Å². The lowest BCUT2D eigenvalue weighted by Gasteiger charge is -2.35. The van der Waals surface area contributed by atoms with Gasteiger partial charge in [0, 0.05) is 42.3 Å². The highest BCUT2D eigenvalue weighted by molar-refractivity contribution is 9.10. The lowest BCUT2D eigenvalue weighted by Crippen LogP contribution is -2.45. The Hall–Kier alpha value is 0.130. The summed E-state index contributed by atoms with van der Waals surface area (Å²) >= 11 is 3.34. The van der Waals surface area contributed by atoms with E-state index in [2.05, 4.69) is 26.1 Å². The van der Waals surface area contributed by atoms with E-state index in [4.69, 9.17) is 0 Å². The molecule has 1 aromatic carbocycles. The monoisotopic (exact) mass is 398 g/mol. The summed E-state index contributed by atoms with van der Waals surface area (Å²) in [4.78, 5) is 2.45. The van der Waals surface area contributed by atoms with Gasteiger partial charge in [-0.2, -0.15) is 0 Å². The Kier molecular flexibility index (Phi) is 7.93. The van der Waals surface area contributed by atoms with Crippen molar-refractivity contribution < 1.29 is 4.39 Å². The van der Waals surface area contributed by atoms with Gasteiger partial charge in [0.25, 0.3) is 0 Å². The summed E-state index contributed by atoms with van der Waals surface area (Å²) in [6.45, 7) is 4.07. The summed E-state index contributed by atoms with van der Waals surface area (Å²) in [6, 6.07) is 5.76. The number of halogens is 4. The first kappa shape index (κ1) is 19.2. The van der Waals surface area contributed by atoms with Crippen LogP contribution in [0.15, 0.2) is 22.7 Å². The van der Waals surface area contributed by atoms with Crippen molar-refractivity contribution in [3.8, 4) is 0 Å². The summed E-state index contributed by atoms with van der Waals surface area (Å²) in [7, 11) is 0. The summed E-state index contributed by atoms with van der Waals surface area (Å²) < 4.78 is 15.1. The van der Waals surface area contributed by atoms with Gasteiger partial charge in [0.05, 0.1) is 0 Å². The van der Waals surface area contributed by atoms with Gasteiger partial charge in [0.2, 0.25) is 0 Å². The zero-order valence-electron chi connectivity index (χ0n) is 11.9. The molecular weight excluding hydrogens is 378 g/mol. The molecule has 120 valence electrons. The van der Waals surface area contributed by atoms with E-state index >= 15 is 0 Å². The molecule has 0 spiro atoms. The third-order valence-electron chi connectivity index (χ3n) is 4.17. The highest BCUT2D eigenvalue weighted by atomic mass is 79.9. The average Bonchev–Trinajstić information content (AvgIpc) is 3.22. The molecule has 1 saturated carbocycles. The van der Waals surface area contributed by atoms with Crippen LogP contribution in [0.4, 0.5) is 4.39 Å². The van der Waals surface area contributed by atoms with Crippen LogP contribution in [0.2, 0.25) is 0 Å². The molecule has 1 aliphatic carbocycles. The summed E-state index contributed by atoms with van der Waals surface area (Å²) in [5.74, 6) is 0.737. The maximum Gasteiger partial charge on any atom is 0.129 e. The first-order valence-corrected chi connectivity index (χ1v) is 7.93. The third-order valence-corrected chi connectivity index (χ3v) is 4.66. The Labute approximate surface area is 146 Å². The second-order valence-electron chi connectivity index (χ2n) is 5.65. The molecule has 1 aromatic rings. The molecule has 0 radical (unpaired) electrons. The fourth-order valence-corrected chi connectivity index (χ4v) is 3.24. The quantitative estimate of drug-likeness (QED) is 0.816. The van der Waals surface area contributed by atoms with Gasteiger partial charge in [-0.05, 0) is 24.5 Å². The van der Waals surface area contributed by atoms with Crippen LogP contribution in [-0.4, -0.2) is 31.1 Å². The zero-order valence-corrected chi connectivity index (χ0v) is 15.1. The number of rotatable bonds is 4. The Morgan fingerprint density at radius 1 is 1.24 bits per heavy atom. The van der Waals surface area contributed by atoms with Gasteiger partial charge in [-0.25, -0.2) is 4.39 Å². The summed E-state index contributed by atoms with van der Waals surface area (Å²) in [5, 5.41) is 3.37. The average molecular weight is 400 g/mol. The van der Waals surface area contributed by atoms with Crippen molar-refractivity contribution >= 4 is 40.7 Å². The van der Waals surface area contributed by atoms with E-state index in [0.717, 1.165) is 48.6 Å². The van der Waals surface area contributed by atoms with E-state index < -0.39 is 0 Å². The van der Waals surface area contributed by atoms with Gasteiger partial charge in [-0.3, -0.25) is 4.90 Å². The molecule has 1 atom stereocenters. The highest BCUT2D eigenvalue weighted by Crippen LogP contribution is 2.41. The largest absolute Gasteiger partial charge is 0.314 e. The molecule has 0 unspecified atom stereocenters. The maximum atomic E-state index is 14.3. The molecule has 0 amide bonds. The van der Waals surface area contributed by atoms with E-state index in [1.807, 2.05) is 12.1 Å². The Morgan fingerprint density at radius 3 is 2.48 bits per heavy atom. The smallest absolute Gasteiger partial charge is 0.129 e. The molecular formula is C15H22BrCl2FN2. The first-order valence-electron chi connectivity index (χ1n) is 7.14. The van der Waals surface area contributed by atoms with Gasteiger partial charge < -0.3 is 5.32 Å². The van der Waals surface area contributed by atoms with Crippen LogP contribution >= 0.6 is 40.7 Å². The van der Waals surface area contributed by atoms with Crippen LogP contribution in [-0.2, 0) is 0 Å². The van der Waals surface area contributed by atoms with E-state index in [1.165, 1.54) is 12.8 Å². The molecule has 6 heteroatoms. The van der Waals surface area contributed by atoms with Crippen molar-refractivity contribution in [1.29, 1.82) is 0 Å². The molecule has 2 fully saturated rings. The Balaban J connectivity index is 0.00000110. The Morgan fingerprint density at radius 2 is 1.90 bits per heavy atom. The second-order valence-corrected chi connectivity index (χ2v) is 6.56. The minimum Gasteiger partial charge on any atom is -0.314 e. The Bertz CT molecular complexity index is 451. The van der Waals surface area contributed by atoms with E-state index in [0.29, 0.717) is 0 Å². The van der Waals surface area contributed by atoms with Crippen LogP contribution in [0.5, 0.6) is 0 Å². The van der Waals surface area contributed by atoms with Gasteiger partial charge in [0.1, 0.15) is 5.82 Å². The lowest BCUT2D eigenvalue weighted by atomic mass is 9.98. The summed E-state index contributed by atoms with van der Waals surface area (Å²) in [6.07, 6.45) is 3.75. The SMILES string of the molecule is Cl.Cl.Fc1cc(Br)ccc1[C@H](CC1CC1)N1CCNCC1. The molecule has 21 heavy (non-hydrogen) atoms. The minimum absolute atomic E-state index is 0. The number of nitrogens with zero attached hydrogens (tertiary/aromatic N) is 1. The van der Waals surface area contributed by atoms with Gasteiger partial charge in [-0.1, -0.05) is 34.8 Å². The molecule has 1 heterocycles. The van der Waals surface area contributed by atoms with E-state index in [-0.39, 0.29) is 36.7 Å². The molecule has 0 bridgehead atoms. The van der Waals surface area contributed by atoms with Crippen molar-refractivity contribution in [2.45, 2.75) is 25.3 Å². The molecule has 1 N–H and O–H groups in total. The van der Waals surface area contributed by atoms with Crippen LogP contribution in [0.25, 0.3) is 0 Å². The van der Waals surface area contributed by atoms with Gasteiger partial charge >= 0.3 is 0 Å². The third kappa shape index (κ3) is 5.07. The zero-order chi connectivity index (χ0) is 13.2. The number of hydrogen-bond acceptors (Lipinski definition) is 2. The van der Waals surface area contributed by atoms with Crippen molar-refractivity contribution in [2.24, 2.45) is 5.92 Å². The van der Waals surface area contributed by atoms with Crippen molar-refractivity contribution in [1.82, 2.24) is 10.2 Å². The maximum absolute atomic E-state index is 14.3. The fraction of sp³-hybridized carbons (Fsp3) is 0.600. The molecule has 2 nitrogen and oxygen atoms in total. The molecule has 2 aliphatic rings. The van der Waals surface area contributed by atoms with Crippen molar-refractivity contribution in [3.63, 3.8) is 0 Å². The number of piperazine rings is 1. The molecule has 0 aromatic heterocycles. The second kappa shape index (κ2) is 8.68. The first-order chi connectivity index (χ1) is 9.24. The topological polar surface area (TPSA) is 15.3 Å². The molecule has 1 aliphatic heterocycles. The van der Waals surface area contributed by atoms with E-state index in [1.54, 1.807) is 6.07 Å². The standard InChI is InChI=1S/C15H20BrFN2.2ClH/c16-12-3-4-13(14(17)10-12)15(9-11-1-2-11)19-7-5-18-6-8-19;;/h3-4,10-11,15,18H,1-2,5-9H2;2*1H/t15-;;/m0../s1. The van der Waals surface area contributed by atoms with Crippen molar-refractivity contribution in [2.75, 3.05) is 26.2 Å². The molecule has 1 saturated heterocycles. The van der Waals surface area contributed by atoms with E-state index in [9.17, 15) is 4.39 Å². The minimum atomic E-state index is -0.0708. The van der Waals surface area contributed by atoms with Crippen LogP contribution < -0.4 is 5.32 Å². The van der Waals surface area contributed by atoms with Crippen LogP contribution in [0, 0.1) is 11.7 Å². The number of benzene rings is 1. The van der Waals surface area contributed by atoms with Gasteiger partial charge in [0.15, 0.2) is 0 Å². The van der Waals surface area contributed by atoms with Crippen LogP contribution in [0.1, 0.15) is 30.9 Å². The van der Waals surface area contributed by atoms with Crippen LogP contribution in [0.3, 0.4) is 0 Å². The lowest BCUT2D eigenvalue weighted by molar-refractivity contribution is 0.157. The number of nitrogens with one attached hydrogen (secondary N) is 1. The summed E-state index contributed by atoms with van der Waals surface area (Å²) in [5.41, 5.74) is 0.872. The highest BCUT2D eigenvalue weighted by Gasteiger charge is 2.31.